The van der Waals surface area contributed by atoms with Crippen LogP contribution in [0.15, 0.2) is 12.2 Å². The van der Waals surface area contributed by atoms with Gasteiger partial charge in [0.15, 0.2) is 0 Å². The minimum Gasteiger partial charge on any atom is -0.303 e. The topological polar surface area (TPSA) is 3.24 Å². The van der Waals surface area contributed by atoms with E-state index in [4.69, 9.17) is 0 Å². The van der Waals surface area contributed by atoms with Crippen molar-refractivity contribution in [3.05, 3.63) is 12.2 Å². The van der Waals surface area contributed by atoms with E-state index in [2.05, 4.69) is 58.8 Å². The van der Waals surface area contributed by atoms with E-state index in [1.807, 2.05) is 0 Å². The Morgan fingerprint density at radius 1 is 0.786 bits per heavy atom. The Hall–Kier alpha value is -0.300. The van der Waals surface area contributed by atoms with E-state index in [1.165, 1.54) is 0 Å². The number of rotatable bonds is 1. The van der Waals surface area contributed by atoms with Gasteiger partial charge < -0.3 is 4.90 Å². The lowest BCUT2D eigenvalue weighted by molar-refractivity contribution is 0.170. The van der Waals surface area contributed by atoms with Crippen molar-refractivity contribution in [3.63, 3.8) is 0 Å². The van der Waals surface area contributed by atoms with E-state index >= 15 is 0 Å². The van der Waals surface area contributed by atoms with Crippen LogP contribution in [0.25, 0.3) is 0 Å². The third-order valence-corrected chi connectivity index (χ3v) is 4.23. The highest BCUT2D eigenvalue weighted by molar-refractivity contribution is 5.04. The van der Waals surface area contributed by atoms with Crippen LogP contribution in [-0.4, -0.2) is 25.0 Å². The minimum absolute atomic E-state index is 0.609. The van der Waals surface area contributed by atoms with Crippen LogP contribution in [0.3, 0.4) is 0 Å². The molecule has 0 aromatic rings. The van der Waals surface area contributed by atoms with Gasteiger partial charge in [-0.2, -0.15) is 0 Å². The Balaban J connectivity index is 2.86. The molecule has 0 fully saturated rings. The highest BCUT2D eigenvalue weighted by Gasteiger charge is 2.30. The molecule has 0 aliphatic heterocycles. The summed E-state index contributed by atoms with van der Waals surface area (Å²) in [6.07, 6.45) is 4.80. The molecule has 0 saturated heterocycles. The van der Waals surface area contributed by atoms with E-state index in [0.29, 0.717) is 6.04 Å². The SMILES string of the molecule is CC1C=CC(N(C)C)C(C)C(C)C1C. The normalized spacial score (nSPS) is 44.1. The Kier molecular flexibility index (Phi) is 3.77. The zero-order chi connectivity index (χ0) is 10.9. The highest BCUT2D eigenvalue weighted by Crippen LogP contribution is 2.34. The average Bonchev–Trinajstić information content (AvgIpc) is 2.21. The summed E-state index contributed by atoms with van der Waals surface area (Å²) in [7, 11) is 4.36. The summed E-state index contributed by atoms with van der Waals surface area (Å²) < 4.78 is 0. The van der Waals surface area contributed by atoms with Gasteiger partial charge in [-0.3, -0.25) is 0 Å². The van der Waals surface area contributed by atoms with Gasteiger partial charge in [0.25, 0.3) is 0 Å². The molecule has 0 heterocycles. The lowest BCUT2D eigenvalue weighted by atomic mass is 9.78. The molecule has 1 heteroatoms. The van der Waals surface area contributed by atoms with Crippen molar-refractivity contribution in [2.24, 2.45) is 23.7 Å². The highest BCUT2D eigenvalue weighted by atomic mass is 15.1. The first-order valence-electron chi connectivity index (χ1n) is 5.80. The van der Waals surface area contributed by atoms with Crippen LogP contribution in [0.2, 0.25) is 0 Å². The molecule has 1 aliphatic carbocycles. The van der Waals surface area contributed by atoms with Gasteiger partial charge in [-0.15, -0.1) is 0 Å². The molecule has 0 amide bonds. The van der Waals surface area contributed by atoms with E-state index < -0.39 is 0 Å². The molecular formula is C13H25N. The van der Waals surface area contributed by atoms with Crippen LogP contribution in [0.1, 0.15) is 27.7 Å². The smallest absolute Gasteiger partial charge is 0.0300 e. The van der Waals surface area contributed by atoms with E-state index in [-0.39, 0.29) is 0 Å². The number of hydrogen-bond acceptors (Lipinski definition) is 1. The monoisotopic (exact) mass is 195 g/mol. The molecule has 0 spiro atoms. The van der Waals surface area contributed by atoms with Crippen molar-refractivity contribution >= 4 is 0 Å². The summed E-state index contributed by atoms with van der Waals surface area (Å²) in [5.41, 5.74) is 0. The molecule has 1 nitrogen and oxygen atoms in total. The van der Waals surface area contributed by atoms with Crippen LogP contribution in [0, 0.1) is 23.7 Å². The Morgan fingerprint density at radius 2 is 1.36 bits per heavy atom. The van der Waals surface area contributed by atoms with Gasteiger partial charge in [0.1, 0.15) is 0 Å². The zero-order valence-corrected chi connectivity index (χ0v) is 10.5. The van der Waals surface area contributed by atoms with Gasteiger partial charge in [-0.25, -0.2) is 0 Å². The maximum Gasteiger partial charge on any atom is 0.0300 e. The average molecular weight is 195 g/mol. The van der Waals surface area contributed by atoms with Gasteiger partial charge in [0, 0.05) is 6.04 Å². The van der Waals surface area contributed by atoms with Gasteiger partial charge in [0.2, 0.25) is 0 Å². The van der Waals surface area contributed by atoms with Gasteiger partial charge in [-0.05, 0) is 37.8 Å². The Morgan fingerprint density at radius 3 is 1.86 bits per heavy atom. The first kappa shape index (κ1) is 11.8. The lowest BCUT2D eigenvalue weighted by Crippen LogP contribution is -2.36. The number of hydrogen-bond donors (Lipinski definition) is 0. The molecule has 0 aromatic heterocycles. The van der Waals surface area contributed by atoms with Crippen LogP contribution < -0.4 is 0 Å². The van der Waals surface area contributed by atoms with Crippen LogP contribution >= 0.6 is 0 Å². The molecule has 1 rings (SSSR count). The maximum atomic E-state index is 2.40. The fraction of sp³-hybridized carbons (Fsp3) is 0.846. The molecule has 14 heavy (non-hydrogen) atoms. The predicted octanol–water partition coefficient (Wildman–Crippen LogP) is 3.03. The third-order valence-electron chi connectivity index (χ3n) is 4.23. The zero-order valence-electron chi connectivity index (χ0n) is 10.5. The van der Waals surface area contributed by atoms with Crippen molar-refractivity contribution in [2.45, 2.75) is 33.7 Å². The van der Waals surface area contributed by atoms with Crippen LogP contribution in [0.5, 0.6) is 0 Å². The van der Waals surface area contributed by atoms with Gasteiger partial charge >= 0.3 is 0 Å². The van der Waals surface area contributed by atoms with Crippen molar-refractivity contribution in [1.82, 2.24) is 4.90 Å². The fourth-order valence-electron chi connectivity index (χ4n) is 2.55. The second-order valence-electron chi connectivity index (χ2n) is 5.28. The first-order valence-corrected chi connectivity index (χ1v) is 5.80. The van der Waals surface area contributed by atoms with Crippen LogP contribution in [-0.2, 0) is 0 Å². The molecule has 0 radical (unpaired) electrons. The predicted molar refractivity (Wildman–Crippen MR) is 63.3 cm³/mol. The summed E-state index contributed by atoms with van der Waals surface area (Å²) in [4.78, 5) is 2.34. The van der Waals surface area contributed by atoms with E-state index in [9.17, 15) is 0 Å². The summed E-state index contributed by atoms with van der Waals surface area (Å²) in [6.45, 7) is 9.50. The second kappa shape index (κ2) is 4.48. The second-order valence-corrected chi connectivity index (χ2v) is 5.28. The molecular weight excluding hydrogens is 170 g/mol. The summed E-state index contributed by atoms with van der Waals surface area (Å²) in [5.74, 6) is 3.07. The Labute approximate surface area is 89.2 Å². The maximum absolute atomic E-state index is 2.40. The summed E-state index contributed by atoms with van der Waals surface area (Å²) in [6, 6.07) is 0.609. The van der Waals surface area contributed by atoms with Crippen LogP contribution in [0.4, 0.5) is 0 Å². The number of allylic oxidation sites excluding steroid dienone is 1. The molecule has 0 saturated carbocycles. The molecule has 1 aliphatic rings. The number of likely N-dealkylation sites (N-methyl/N-ethyl adjacent to an activating group) is 1. The summed E-state index contributed by atoms with van der Waals surface area (Å²) in [5, 5.41) is 0. The summed E-state index contributed by atoms with van der Waals surface area (Å²) >= 11 is 0. The quantitative estimate of drug-likeness (QED) is 0.581. The van der Waals surface area contributed by atoms with Crippen molar-refractivity contribution in [2.75, 3.05) is 14.1 Å². The molecule has 0 N–H and O–H groups in total. The van der Waals surface area contributed by atoms with Crippen molar-refractivity contribution in [1.29, 1.82) is 0 Å². The molecule has 0 aromatic carbocycles. The van der Waals surface area contributed by atoms with Gasteiger partial charge in [0.05, 0.1) is 0 Å². The van der Waals surface area contributed by atoms with Crippen molar-refractivity contribution < 1.29 is 0 Å². The molecule has 0 bridgehead atoms. The van der Waals surface area contributed by atoms with E-state index in [1.54, 1.807) is 0 Å². The first-order chi connectivity index (χ1) is 6.45. The largest absolute Gasteiger partial charge is 0.303 e. The fourth-order valence-corrected chi connectivity index (χ4v) is 2.55. The minimum atomic E-state index is 0.609. The van der Waals surface area contributed by atoms with E-state index in [0.717, 1.165) is 23.7 Å². The van der Waals surface area contributed by atoms with Gasteiger partial charge in [-0.1, -0.05) is 39.8 Å². The molecule has 82 valence electrons. The number of nitrogens with zero attached hydrogens (tertiary/aromatic N) is 1. The standard InChI is InChI=1S/C13H25N/c1-9-7-8-13(14(5)6)12(4)11(3)10(9)2/h7-13H,1-6H3. The lowest BCUT2D eigenvalue weighted by Gasteiger charge is -2.33. The molecule has 5 atom stereocenters. The third kappa shape index (κ3) is 2.20. The Bertz CT molecular complexity index is 207. The van der Waals surface area contributed by atoms with Crippen molar-refractivity contribution in [3.8, 4) is 0 Å². The molecule has 5 unspecified atom stereocenters.